The van der Waals surface area contributed by atoms with Crippen molar-refractivity contribution in [1.29, 1.82) is 0 Å². The van der Waals surface area contributed by atoms with E-state index in [1.54, 1.807) is 0 Å². The second-order valence-corrected chi connectivity index (χ2v) is 6.10. The Morgan fingerprint density at radius 1 is 1.30 bits per heavy atom. The number of hydrogen-bond donors (Lipinski definition) is 2. The van der Waals surface area contributed by atoms with E-state index in [1.807, 2.05) is 0 Å². The second-order valence-electron chi connectivity index (χ2n) is 4.27. The van der Waals surface area contributed by atoms with Crippen LogP contribution in [-0.4, -0.2) is 32.7 Å². The van der Waals surface area contributed by atoms with E-state index in [0.717, 1.165) is 12.3 Å². The molecule has 0 spiro atoms. The molecule has 0 aliphatic carbocycles. The van der Waals surface area contributed by atoms with E-state index < -0.39 is 20.8 Å². The van der Waals surface area contributed by atoms with E-state index in [1.165, 1.54) is 12.1 Å². The maximum atomic E-state index is 13.1. The number of nitro groups is 1. The van der Waals surface area contributed by atoms with Gasteiger partial charge in [0.05, 0.1) is 17.2 Å². The van der Waals surface area contributed by atoms with E-state index in [-0.39, 0.29) is 12.2 Å². The van der Waals surface area contributed by atoms with Crippen LogP contribution in [0.2, 0.25) is 0 Å². The average molecular weight is 305 g/mol. The van der Waals surface area contributed by atoms with Crippen LogP contribution in [0.5, 0.6) is 0 Å². The zero-order valence-electron chi connectivity index (χ0n) is 10.9. The van der Waals surface area contributed by atoms with Gasteiger partial charge < -0.3 is 5.32 Å². The lowest BCUT2D eigenvalue weighted by molar-refractivity contribution is -0.385. The summed E-state index contributed by atoms with van der Waals surface area (Å²) in [6.45, 7) is 1.08. The van der Waals surface area contributed by atoms with Gasteiger partial charge in [-0.15, -0.1) is 0 Å². The van der Waals surface area contributed by atoms with Gasteiger partial charge in [-0.25, -0.2) is 17.5 Å². The molecule has 0 bridgehead atoms. The summed E-state index contributed by atoms with van der Waals surface area (Å²) in [6, 6.07) is 3.37. The molecule has 0 heterocycles. The van der Waals surface area contributed by atoms with Gasteiger partial charge in [0, 0.05) is 19.2 Å². The Balaban J connectivity index is 2.37. The van der Waals surface area contributed by atoms with Crippen molar-refractivity contribution in [2.75, 3.05) is 19.3 Å². The van der Waals surface area contributed by atoms with Gasteiger partial charge >= 0.3 is 0 Å². The van der Waals surface area contributed by atoms with E-state index in [2.05, 4.69) is 10.0 Å². The molecule has 7 nitrogen and oxygen atoms in total. The molecule has 0 saturated carbocycles. The maximum absolute atomic E-state index is 13.1. The maximum Gasteiger partial charge on any atom is 0.272 e. The van der Waals surface area contributed by atoms with Crippen LogP contribution in [0.25, 0.3) is 0 Å². The summed E-state index contributed by atoms with van der Waals surface area (Å²) in [7, 11) is -3.19. The van der Waals surface area contributed by atoms with Gasteiger partial charge in [0.15, 0.2) is 0 Å². The topological polar surface area (TPSA) is 101 Å². The number of benzene rings is 1. The molecule has 1 rings (SSSR count). The highest BCUT2D eigenvalue weighted by Gasteiger charge is 2.09. The quantitative estimate of drug-likeness (QED) is 0.419. The molecule has 0 fully saturated rings. The Hall–Kier alpha value is -1.58. The van der Waals surface area contributed by atoms with E-state index in [9.17, 15) is 22.9 Å². The van der Waals surface area contributed by atoms with E-state index in [4.69, 9.17) is 0 Å². The lowest BCUT2D eigenvalue weighted by atomic mass is 10.2. The van der Waals surface area contributed by atoms with E-state index in [0.29, 0.717) is 25.1 Å². The number of halogens is 1. The Labute approximate surface area is 116 Å². The first-order valence-electron chi connectivity index (χ1n) is 5.87. The molecule has 1 aromatic carbocycles. The minimum Gasteiger partial charge on any atom is -0.313 e. The highest BCUT2D eigenvalue weighted by atomic mass is 32.2. The summed E-state index contributed by atoms with van der Waals surface area (Å²) >= 11 is 0. The normalized spacial score (nSPS) is 11.5. The lowest BCUT2D eigenvalue weighted by Crippen LogP contribution is -2.26. The van der Waals surface area contributed by atoms with Gasteiger partial charge in [0.1, 0.15) is 5.82 Å². The monoisotopic (exact) mass is 305 g/mol. The van der Waals surface area contributed by atoms with Gasteiger partial charge in [0.25, 0.3) is 5.69 Å². The molecule has 0 aromatic heterocycles. The van der Waals surface area contributed by atoms with Crippen LogP contribution in [0.4, 0.5) is 10.1 Å². The number of nitrogens with zero attached hydrogens (tertiary/aromatic N) is 1. The lowest BCUT2D eigenvalue weighted by Gasteiger charge is -2.06. The van der Waals surface area contributed by atoms with Crippen molar-refractivity contribution in [3.63, 3.8) is 0 Å². The minimum absolute atomic E-state index is 0.275. The summed E-state index contributed by atoms with van der Waals surface area (Å²) in [4.78, 5) is 9.92. The summed E-state index contributed by atoms with van der Waals surface area (Å²) in [6.07, 6.45) is 1.64. The van der Waals surface area contributed by atoms with Crippen molar-refractivity contribution in [3.05, 3.63) is 39.7 Å². The molecule has 0 aliphatic rings. The van der Waals surface area contributed by atoms with Crippen LogP contribution in [0, 0.1) is 15.9 Å². The third kappa shape index (κ3) is 6.55. The predicted molar refractivity (Wildman–Crippen MR) is 72.2 cm³/mol. The van der Waals surface area contributed by atoms with Gasteiger partial charge in [0.2, 0.25) is 10.0 Å². The van der Waals surface area contributed by atoms with Crippen LogP contribution >= 0.6 is 0 Å². The summed E-state index contributed by atoms with van der Waals surface area (Å²) in [5, 5.41) is 13.5. The Bertz CT molecular complexity index is 577. The van der Waals surface area contributed by atoms with Crippen LogP contribution in [0.15, 0.2) is 18.2 Å². The molecular formula is C11H16FN3O4S. The smallest absolute Gasteiger partial charge is 0.272 e. The first kappa shape index (κ1) is 16.5. The first-order valence-corrected chi connectivity index (χ1v) is 7.76. The Morgan fingerprint density at radius 2 is 2.00 bits per heavy atom. The molecule has 9 heteroatoms. The number of non-ortho nitro benzene ring substituents is 1. The summed E-state index contributed by atoms with van der Waals surface area (Å²) < 4.78 is 37.1. The largest absolute Gasteiger partial charge is 0.313 e. The highest BCUT2D eigenvalue weighted by Crippen LogP contribution is 2.16. The molecule has 0 atom stereocenters. The fraction of sp³-hybridized carbons (Fsp3) is 0.455. The zero-order chi connectivity index (χ0) is 15.2. The van der Waals surface area contributed by atoms with Gasteiger partial charge in [-0.3, -0.25) is 10.1 Å². The SMILES string of the molecule is CS(=O)(=O)NCCCNCc1cc(F)cc([N+](=O)[O-])c1. The van der Waals surface area contributed by atoms with Crippen LogP contribution in [-0.2, 0) is 16.6 Å². The Kier molecular flexibility index (Phi) is 5.99. The number of rotatable bonds is 8. The fourth-order valence-corrected chi connectivity index (χ4v) is 2.06. The van der Waals surface area contributed by atoms with Crippen molar-refractivity contribution in [2.24, 2.45) is 0 Å². The van der Waals surface area contributed by atoms with E-state index >= 15 is 0 Å². The van der Waals surface area contributed by atoms with Crippen molar-refractivity contribution in [2.45, 2.75) is 13.0 Å². The molecule has 0 saturated heterocycles. The summed E-state index contributed by atoms with van der Waals surface area (Å²) in [5.74, 6) is -0.658. The highest BCUT2D eigenvalue weighted by molar-refractivity contribution is 7.88. The molecule has 112 valence electrons. The number of nitrogens with one attached hydrogen (secondary N) is 2. The zero-order valence-corrected chi connectivity index (χ0v) is 11.7. The molecule has 0 unspecified atom stereocenters. The molecular weight excluding hydrogens is 289 g/mol. The third-order valence-corrected chi connectivity index (χ3v) is 3.11. The number of hydrogen-bond acceptors (Lipinski definition) is 5. The third-order valence-electron chi connectivity index (χ3n) is 2.38. The second kappa shape index (κ2) is 7.27. The predicted octanol–water partition coefficient (Wildman–Crippen LogP) is 0.763. The molecule has 0 aliphatic heterocycles. The van der Waals surface area contributed by atoms with Crippen LogP contribution in [0.3, 0.4) is 0 Å². The number of nitro benzene ring substituents is 1. The molecule has 1 aromatic rings. The minimum atomic E-state index is -3.19. The molecule has 0 radical (unpaired) electrons. The molecule has 0 amide bonds. The van der Waals surface area contributed by atoms with Gasteiger partial charge in [-0.2, -0.15) is 0 Å². The Morgan fingerprint density at radius 3 is 2.60 bits per heavy atom. The van der Waals surface area contributed by atoms with Crippen molar-refractivity contribution < 1.29 is 17.7 Å². The average Bonchev–Trinajstić information content (AvgIpc) is 2.31. The molecule has 20 heavy (non-hydrogen) atoms. The van der Waals surface area contributed by atoms with Crippen molar-refractivity contribution in [1.82, 2.24) is 10.0 Å². The van der Waals surface area contributed by atoms with Gasteiger partial charge in [-0.1, -0.05) is 0 Å². The van der Waals surface area contributed by atoms with Crippen LogP contribution in [0.1, 0.15) is 12.0 Å². The standard InChI is InChI=1S/C11H16FN3O4S/c1-20(18,19)14-4-2-3-13-8-9-5-10(12)7-11(6-9)15(16)17/h5-7,13-14H,2-4,8H2,1H3. The van der Waals surface area contributed by atoms with Gasteiger partial charge in [-0.05, 0) is 24.6 Å². The first-order chi connectivity index (χ1) is 9.28. The summed E-state index contributed by atoms with van der Waals surface area (Å²) in [5.41, 5.74) is 0.174. The fourth-order valence-electron chi connectivity index (χ4n) is 1.54. The van der Waals surface area contributed by atoms with Crippen LogP contribution < -0.4 is 10.0 Å². The molecule has 2 N–H and O–H groups in total. The van der Waals surface area contributed by atoms with Crippen molar-refractivity contribution >= 4 is 15.7 Å². The number of sulfonamides is 1. The van der Waals surface area contributed by atoms with Crippen molar-refractivity contribution in [3.8, 4) is 0 Å².